The third-order valence-corrected chi connectivity index (χ3v) is 3.08. The van der Waals surface area contributed by atoms with Crippen molar-refractivity contribution in [1.82, 2.24) is 15.2 Å². The van der Waals surface area contributed by atoms with Crippen LogP contribution in [0.4, 0.5) is 5.69 Å². The molecular formula is C16H22ClN5O2. The van der Waals surface area contributed by atoms with Gasteiger partial charge in [-0.1, -0.05) is 6.08 Å². The van der Waals surface area contributed by atoms with E-state index in [1.807, 2.05) is 24.3 Å². The van der Waals surface area contributed by atoms with E-state index in [1.54, 1.807) is 6.08 Å². The molecule has 24 heavy (non-hydrogen) atoms. The van der Waals surface area contributed by atoms with Crippen LogP contribution in [-0.4, -0.2) is 34.3 Å². The standard InChI is InChI=1S/C16H21N5O2.ClH/c1-2-9-23-10-3-4-15(22)18-13-7-5-12(6-8-13)16-19-14(11-17)20-21-16;/h2,5-8H,1,3-4,9-11,17H2,(H,18,22)(H,19,20,21);1H. The number of hydrogen-bond donors (Lipinski definition) is 3. The van der Waals surface area contributed by atoms with Crippen LogP contribution in [0.3, 0.4) is 0 Å². The molecule has 0 saturated carbocycles. The van der Waals surface area contributed by atoms with Crippen LogP contribution in [0.5, 0.6) is 0 Å². The van der Waals surface area contributed by atoms with Crippen LogP contribution in [0.25, 0.3) is 11.4 Å². The summed E-state index contributed by atoms with van der Waals surface area (Å²) in [7, 11) is 0. The number of aromatic nitrogens is 3. The van der Waals surface area contributed by atoms with Crippen molar-refractivity contribution in [2.24, 2.45) is 5.73 Å². The predicted molar refractivity (Wildman–Crippen MR) is 95.8 cm³/mol. The number of carbonyl (C=O) groups is 1. The molecule has 0 aliphatic heterocycles. The predicted octanol–water partition coefficient (Wildman–Crippen LogP) is 2.27. The molecule has 0 atom stereocenters. The Morgan fingerprint density at radius 1 is 1.38 bits per heavy atom. The molecule has 130 valence electrons. The van der Waals surface area contributed by atoms with E-state index in [1.165, 1.54) is 0 Å². The van der Waals surface area contributed by atoms with E-state index in [0.29, 0.717) is 44.2 Å². The summed E-state index contributed by atoms with van der Waals surface area (Å²) >= 11 is 0. The molecule has 0 unspecified atom stereocenters. The van der Waals surface area contributed by atoms with Gasteiger partial charge in [-0.3, -0.25) is 9.89 Å². The van der Waals surface area contributed by atoms with Gasteiger partial charge in [0, 0.05) is 24.3 Å². The van der Waals surface area contributed by atoms with Gasteiger partial charge in [0.05, 0.1) is 13.2 Å². The number of nitrogens with one attached hydrogen (secondary N) is 2. The summed E-state index contributed by atoms with van der Waals surface area (Å²) < 4.78 is 5.24. The monoisotopic (exact) mass is 351 g/mol. The van der Waals surface area contributed by atoms with E-state index < -0.39 is 0 Å². The lowest BCUT2D eigenvalue weighted by molar-refractivity contribution is -0.116. The molecule has 8 heteroatoms. The van der Waals surface area contributed by atoms with Gasteiger partial charge < -0.3 is 15.8 Å². The van der Waals surface area contributed by atoms with Crippen LogP contribution in [-0.2, 0) is 16.1 Å². The lowest BCUT2D eigenvalue weighted by atomic mass is 10.2. The minimum Gasteiger partial charge on any atom is -0.377 e. The molecule has 2 aromatic rings. The molecule has 1 heterocycles. The van der Waals surface area contributed by atoms with E-state index in [0.717, 1.165) is 11.3 Å². The van der Waals surface area contributed by atoms with Crippen molar-refractivity contribution >= 4 is 24.0 Å². The zero-order chi connectivity index (χ0) is 16.5. The molecular weight excluding hydrogens is 330 g/mol. The number of benzene rings is 1. The SMILES string of the molecule is C=CCOCCCC(=O)Nc1ccc(-c2n[nH]c(CN)n2)cc1.Cl. The number of aromatic amines is 1. The zero-order valence-corrected chi connectivity index (χ0v) is 14.1. The van der Waals surface area contributed by atoms with Crippen LogP contribution in [0.1, 0.15) is 18.7 Å². The molecule has 0 aliphatic carbocycles. The van der Waals surface area contributed by atoms with Crippen molar-refractivity contribution in [2.75, 3.05) is 18.5 Å². The van der Waals surface area contributed by atoms with Gasteiger partial charge in [-0.25, -0.2) is 4.98 Å². The number of amides is 1. The molecule has 7 nitrogen and oxygen atoms in total. The fraction of sp³-hybridized carbons (Fsp3) is 0.312. The van der Waals surface area contributed by atoms with Crippen LogP contribution < -0.4 is 11.1 Å². The number of nitrogens with zero attached hydrogens (tertiary/aromatic N) is 2. The molecule has 0 saturated heterocycles. The molecule has 0 radical (unpaired) electrons. The fourth-order valence-electron chi connectivity index (χ4n) is 1.94. The third-order valence-electron chi connectivity index (χ3n) is 3.08. The van der Waals surface area contributed by atoms with E-state index in [2.05, 4.69) is 27.1 Å². The van der Waals surface area contributed by atoms with Gasteiger partial charge in [-0.15, -0.1) is 19.0 Å². The smallest absolute Gasteiger partial charge is 0.224 e. The lowest BCUT2D eigenvalue weighted by Crippen LogP contribution is -2.12. The van der Waals surface area contributed by atoms with Gasteiger partial charge in [0.2, 0.25) is 5.91 Å². The third kappa shape index (κ3) is 6.11. The largest absolute Gasteiger partial charge is 0.377 e. The average Bonchev–Trinajstić information content (AvgIpc) is 3.04. The molecule has 1 aromatic carbocycles. The Morgan fingerprint density at radius 3 is 2.75 bits per heavy atom. The summed E-state index contributed by atoms with van der Waals surface area (Å²) in [5, 5.41) is 9.70. The number of hydrogen-bond acceptors (Lipinski definition) is 5. The summed E-state index contributed by atoms with van der Waals surface area (Å²) in [6.45, 7) is 4.94. The maximum absolute atomic E-state index is 11.8. The van der Waals surface area contributed by atoms with Gasteiger partial charge in [0.25, 0.3) is 0 Å². The molecule has 0 fully saturated rings. The molecule has 2 rings (SSSR count). The quantitative estimate of drug-likeness (QED) is 0.474. The Labute approximate surface area is 147 Å². The summed E-state index contributed by atoms with van der Waals surface area (Å²) in [4.78, 5) is 16.1. The first-order valence-electron chi connectivity index (χ1n) is 7.43. The van der Waals surface area contributed by atoms with E-state index in [9.17, 15) is 4.79 Å². The number of nitrogens with two attached hydrogens (primary N) is 1. The molecule has 1 aromatic heterocycles. The first kappa shape index (κ1) is 19.8. The molecule has 4 N–H and O–H groups in total. The van der Waals surface area contributed by atoms with Crippen LogP contribution in [0.2, 0.25) is 0 Å². The molecule has 0 spiro atoms. The van der Waals surface area contributed by atoms with Crippen LogP contribution in [0.15, 0.2) is 36.9 Å². The Bertz CT molecular complexity index is 642. The van der Waals surface area contributed by atoms with Gasteiger partial charge in [0.1, 0.15) is 5.82 Å². The van der Waals surface area contributed by atoms with E-state index in [4.69, 9.17) is 10.5 Å². The zero-order valence-electron chi connectivity index (χ0n) is 13.3. The second-order valence-corrected chi connectivity index (χ2v) is 4.90. The van der Waals surface area contributed by atoms with Gasteiger partial charge in [-0.2, -0.15) is 5.10 Å². The average molecular weight is 352 g/mol. The van der Waals surface area contributed by atoms with Gasteiger partial charge >= 0.3 is 0 Å². The second-order valence-electron chi connectivity index (χ2n) is 4.90. The summed E-state index contributed by atoms with van der Waals surface area (Å²) in [5.41, 5.74) is 7.09. The number of H-pyrrole nitrogens is 1. The first-order chi connectivity index (χ1) is 11.2. The highest BCUT2D eigenvalue weighted by Crippen LogP contribution is 2.18. The van der Waals surface area contributed by atoms with Crippen molar-refractivity contribution in [3.8, 4) is 11.4 Å². The molecule has 0 bridgehead atoms. The summed E-state index contributed by atoms with van der Waals surface area (Å²) in [6, 6.07) is 7.35. The van der Waals surface area contributed by atoms with E-state index >= 15 is 0 Å². The highest BCUT2D eigenvalue weighted by Gasteiger charge is 2.06. The molecule has 1 amide bonds. The Balaban J connectivity index is 0.00000288. The number of ether oxygens (including phenoxy) is 1. The molecule has 0 aliphatic rings. The lowest BCUT2D eigenvalue weighted by Gasteiger charge is -2.06. The highest BCUT2D eigenvalue weighted by atomic mass is 35.5. The topological polar surface area (TPSA) is 106 Å². The fourth-order valence-corrected chi connectivity index (χ4v) is 1.94. The van der Waals surface area contributed by atoms with Crippen LogP contribution >= 0.6 is 12.4 Å². The second kappa shape index (κ2) is 10.5. The number of rotatable bonds is 9. The Kier molecular flexibility index (Phi) is 8.70. The normalized spacial score (nSPS) is 10.0. The van der Waals surface area contributed by atoms with Crippen molar-refractivity contribution in [2.45, 2.75) is 19.4 Å². The summed E-state index contributed by atoms with van der Waals surface area (Å²) in [5.74, 6) is 1.18. The van der Waals surface area contributed by atoms with E-state index in [-0.39, 0.29) is 18.3 Å². The number of halogens is 1. The highest BCUT2D eigenvalue weighted by molar-refractivity contribution is 5.90. The van der Waals surface area contributed by atoms with Crippen LogP contribution in [0, 0.1) is 0 Å². The number of carbonyl (C=O) groups excluding carboxylic acids is 1. The van der Waals surface area contributed by atoms with Crippen molar-refractivity contribution in [1.29, 1.82) is 0 Å². The minimum absolute atomic E-state index is 0. The van der Waals surface area contributed by atoms with Crippen molar-refractivity contribution in [3.05, 3.63) is 42.7 Å². The van der Waals surface area contributed by atoms with Crippen molar-refractivity contribution in [3.63, 3.8) is 0 Å². The minimum atomic E-state index is -0.0386. The van der Waals surface area contributed by atoms with Gasteiger partial charge in [0.15, 0.2) is 5.82 Å². The summed E-state index contributed by atoms with van der Waals surface area (Å²) in [6.07, 6.45) is 2.78. The number of anilines is 1. The van der Waals surface area contributed by atoms with Crippen molar-refractivity contribution < 1.29 is 9.53 Å². The first-order valence-corrected chi connectivity index (χ1v) is 7.43. The van der Waals surface area contributed by atoms with Gasteiger partial charge in [-0.05, 0) is 30.7 Å². The Hall–Kier alpha value is -2.22. The maximum Gasteiger partial charge on any atom is 0.224 e. The Morgan fingerprint density at radius 2 is 2.12 bits per heavy atom. The maximum atomic E-state index is 11.8.